The zero-order chi connectivity index (χ0) is 13.7. The highest BCUT2D eigenvalue weighted by Crippen LogP contribution is 2.30. The summed E-state index contributed by atoms with van der Waals surface area (Å²) in [7, 11) is 2.00. The Morgan fingerprint density at radius 2 is 1.74 bits per heavy atom. The maximum Gasteiger partial charge on any atom is 0.225 e. The first kappa shape index (κ1) is 14.8. The van der Waals surface area contributed by atoms with Gasteiger partial charge in [0.25, 0.3) is 0 Å². The van der Waals surface area contributed by atoms with Crippen LogP contribution in [0.1, 0.15) is 57.8 Å². The van der Waals surface area contributed by atoms with Crippen LogP contribution in [-0.4, -0.2) is 30.9 Å². The summed E-state index contributed by atoms with van der Waals surface area (Å²) in [6.07, 6.45) is 11.2. The summed E-state index contributed by atoms with van der Waals surface area (Å²) < 4.78 is 0. The second kappa shape index (κ2) is 7.28. The Hall–Kier alpha value is -0.570. The minimum atomic E-state index is 0.246. The molecule has 2 saturated carbocycles. The lowest BCUT2D eigenvalue weighted by atomic mass is 9.80. The lowest BCUT2D eigenvalue weighted by Crippen LogP contribution is -2.39. The highest BCUT2D eigenvalue weighted by Gasteiger charge is 2.29. The van der Waals surface area contributed by atoms with E-state index in [-0.39, 0.29) is 5.92 Å². The molecule has 0 heterocycles. The van der Waals surface area contributed by atoms with Gasteiger partial charge in [-0.25, -0.2) is 0 Å². The molecule has 0 aromatic carbocycles. The summed E-state index contributed by atoms with van der Waals surface area (Å²) in [5, 5.41) is 0. The van der Waals surface area contributed by atoms with E-state index in [1.165, 1.54) is 44.9 Å². The fourth-order valence-electron chi connectivity index (χ4n) is 3.89. The molecule has 0 saturated heterocycles. The summed E-state index contributed by atoms with van der Waals surface area (Å²) in [6, 6.07) is 0. The third kappa shape index (κ3) is 4.20. The summed E-state index contributed by atoms with van der Waals surface area (Å²) in [6.45, 7) is 1.72. The van der Waals surface area contributed by atoms with Gasteiger partial charge in [-0.05, 0) is 50.5 Å². The third-order valence-corrected chi connectivity index (χ3v) is 5.10. The van der Waals surface area contributed by atoms with Crippen molar-refractivity contribution in [2.24, 2.45) is 23.5 Å². The molecule has 2 rings (SSSR count). The van der Waals surface area contributed by atoms with Crippen molar-refractivity contribution in [3.63, 3.8) is 0 Å². The number of carbonyl (C=O) groups excluding carboxylic acids is 1. The zero-order valence-electron chi connectivity index (χ0n) is 12.4. The van der Waals surface area contributed by atoms with E-state index in [1.807, 2.05) is 11.9 Å². The summed E-state index contributed by atoms with van der Waals surface area (Å²) >= 11 is 0. The predicted octanol–water partition coefficient (Wildman–Crippen LogP) is 2.79. The van der Waals surface area contributed by atoms with E-state index in [0.29, 0.717) is 11.8 Å². The van der Waals surface area contributed by atoms with Crippen LogP contribution in [0, 0.1) is 17.8 Å². The molecular weight excluding hydrogens is 236 g/mol. The van der Waals surface area contributed by atoms with Crippen LogP contribution in [0.3, 0.4) is 0 Å². The number of carbonyl (C=O) groups is 1. The lowest BCUT2D eigenvalue weighted by Gasteiger charge is -2.33. The van der Waals surface area contributed by atoms with Crippen LogP contribution in [0.15, 0.2) is 0 Å². The highest BCUT2D eigenvalue weighted by atomic mass is 16.2. The van der Waals surface area contributed by atoms with E-state index in [1.54, 1.807) is 0 Å². The average Bonchev–Trinajstić information content (AvgIpc) is 2.47. The first-order valence-corrected chi connectivity index (χ1v) is 8.15. The van der Waals surface area contributed by atoms with Crippen molar-refractivity contribution in [3.8, 4) is 0 Å². The molecule has 3 heteroatoms. The van der Waals surface area contributed by atoms with Crippen LogP contribution < -0.4 is 5.73 Å². The molecule has 2 fully saturated rings. The molecule has 0 aromatic rings. The van der Waals surface area contributed by atoms with Gasteiger partial charge in [0.15, 0.2) is 0 Å². The number of nitrogens with two attached hydrogens (primary N) is 1. The fourth-order valence-corrected chi connectivity index (χ4v) is 3.89. The Morgan fingerprint density at radius 1 is 1.05 bits per heavy atom. The van der Waals surface area contributed by atoms with Gasteiger partial charge in [-0.2, -0.15) is 0 Å². The maximum atomic E-state index is 12.5. The smallest absolute Gasteiger partial charge is 0.225 e. The number of rotatable bonds is 4. The number of nitrogens with zero attached hydrogens (tertiary/aromatic N) is 1. The van der Waals surface area contributed by atoms with E-state index in [2.05, 4.69) is 0 Å². The van der Waals surface area contributed by atoms with Crippen LogP contribution in [-0.2, 0) is 4.79 Å². The summed E-state index contributed by atoms with van der Waals surface area (Å²) in [5.74, 6) is 1.95. The normalized spacial score (nSPS) is 29.2. The van der Waals surface area contributed by atoms with Gasteiger partial charge in [0.05, 0.1) is 0 Å². The molecular formula is C16H30N2O. The van der Waals surface area contributed by atoms with Crippen molar-refractivity contribution in [2.75, 3.05) is 20.1 Å². The highest BCUT2D eigenvalue weighted by molar-refractivity contribution is 5.78. The molecule has 19 heavy (non-hydrogen) atoms. The van der Waals surface area contributed by atoms with Gasteiger partial charge in [-0.3, -0.25) is 4.79 Å². The third-order valence-electron chi connectivity index (χ3n) is 5.10. The van der Waals surface area contributed by atoms with Gasteiger partial charge < -0.3 is 10.6 Å². The molecule has 0 aromatic heterocycles. The Morgan fingerprint density at radius 3 is 2.42 bits per heavy atom. The van der Waals surface area contributed by atoms with Crippen molar-refractivity contribution in [1.82, 2.24) is 4.90 Å². The molecule has 0 spiro atoms. The molecule has 0 bridgehead atoms. The Labute approximate surface area is 117 Å². The number of hydrogen-bond donors (Lipinski definition) is 1. The van der Waals surface area contributed by atoms with Crippen LogP contribution >= 0.6 is 0 Å². The van der Waals surface area contributed by atoms with Crippen LogP contribution in [0.5, 0.6) is 0 Å². The molecule has 0 radical (unpaired) electrons. The summed E-state index contributed by atoms with van der Waals surface area (Å²) in [4.78, 5) is 14.5. The molecule has 2 aliphatic rings. The Bertz CT molecular complexity index is 286. The van der Waals surface area contributed by atoms with E-state index in [0.717, 1.165) is 31.8 Å². The van der Waals surface area contributed by atoms with E-state index in [4.69, 9.17) is 5.73 Å². The monoisotopic (exact) mass is 266 g/mol. The first-order valence-electron chi connectivity index (χ1n) is 8.15. The van der Waals surface area contributed by atoms with Gasteiger partial charge in [-0.15, -0.1) is 0 Å². The van der Waals surface area contributed by atoms with Crippen molar-refractivity contribution in [3.05, 3.63) is 0 Å². The molecule has 2 N–H and O–H groups in total. The van der Waals surface area contributed by atoms with Crippen molar-refractivity contribution < 1.29 is 4.79 Å². The molecule has 2 atom stereocenters. The first-order chi connectivity index (χ1) is 9.20. The molecule has 1 amide bonds. The van der Waals surface area contributed by atoms with Crippen molar-refractivity contribution in [1.29, 1.82) is 0 Å². The van der Waals surface area contributed by atoms with E-state index < -0.39 is 0 Å². The largest absolute Gasteiger partial charge is 0.345 e. The van der Waals surface area contributed by atoms with Gasteiger partial charge in [0, 0.05) is 19.5 Å². The standard InChI is InChI=1S/C16H30N2O/c1-18(12-13-6-3-2-4-7-13)16(19)15-9-5-8-14(10-15)11-17/h13-15H,2-12,17H2,1H3. The Balaban J connectivity index is 1.80. The molecule has 110 valence electrons. The second-order valence-corrected chi connectivity index (χ2v) is 6.69. The quantitative estimate of drug-likeness (QED) is 0.850. The second-order valence-electron chi connectivity index (χ2n) is 6.69. The number of amides is 1. The van der Waals surface area contributed by atoms with Gasteiger partial charge in [0.1, 0.15) is 0 Å². The SMILES string of the molecule is CN(CC1CCCCC1)C(=O)C1CCCC(CN)C1. The summed E-state index contributed by atoms with van der Waals surface area (Å²) in [5.41, 5.74) is 5.77. The van der Waals surface area contributed by atoms with E-state index in [9.17, 15) is 4.79 Å². The van der Waals surface area contributed by atoms with Crippen molar-refractivity contribution in [2.45, 2.75) is 57.8 Å². The van der Waals surface area contributed by atoms with Gasteiger partial charge in [0.2, 0.25) is 5.91 Å². The van der Waals surface area contributed by atoms with Crippen LogP contribution in [0.25, 0.3) is 0 Å². The van der Waals surface area contributed by atoms with Crippen LogP contribution in [0.2, 0.25) is 0 Å². The lowest BCUT2D eigenvalue weighted by molar-refractivity contribution is -0.136. The minimum Gasteiger partial charge on any atom is -0.345 e. The average molecular weight is 266 g/mol. The maximum absolute atomic E-state index is 12.5. The molecule has 0 aliphatic heterocycles. The van der Waals surface area contributed by atoms with Gasteiger partial charge in [-0.1, -0.05) is 25.7 Å². The predicted molar refractivity (Wildman–Crippen MR) is 78.7 cm³/mol. The molecule has 2 unspecified atom stereocenters. The molecule has 3 nitrogen and oxygen atoms in total. The van der Waals surface area contributed by atoms with Crippen molar-refractivity contribution >= 4 is 5.91 Å². The number of hydrogen-bond acceptors (Lipinski definition) is 2. The van der Waals surface area contributed by atoms with Crippen LogP contribution in [0.4, 0.5) is 0 Å². The minimum absolute atomic E-state index is 0.246. The van der Waals surface area contributed by atoms with Gasteiger partial charge >= 0.3 is 0 Å². The zero-order valence-corrected chi connectivity index (χ0v) is 12.4. The molecule has 2 aliphatic carbocycles. The topological polar surface area (TPSA) is 46.3 Å². The Kier molecular flexibility index (Phi) is 5.68. The van der Waals surface area contributed by atoms with E-state index >= 15 is 0 Å². The fraction of sp³-hybridized carbons (Fsp3) is 0.938.